The van der Waals surface area contributed by atoms with Crippen LogP contribution in [0.1, 0.15) is 18.1 Å². The molecule has 4 nitrogen and oxygen atoms in total. The predicted molar refractivity (Wildman–Crippen MR) is 89.7 cm³/mol. The Morgan fingerprint density at radius 1 is 1.22 bits per heavy atom. The van der Waals surface area contributed by atoms with Crippen LogP contribution in [0.3, 0.4) is 0 Å². The van der Waals surface area contributed by atoms with Gasteiger partial charge in [0.2, 0.25) is 5.91 Å². The number of amides is 1. The molecule has 1 aromatic heterocycles. The number of carbonyl (C=O) groups is 1. The Hall–Kier alpha value is -2.21. The van der Waals surface area contributed by atoms with Gasteiger partial charge in [0.25, 0.3) is 0 Å². The third kappa shape index (κ3) is 3.42. The third-order valence-electron chi connectivity index (χ3n) is 3.75. The zero-order valence-corrected chi connectivity index (χ0v) is 13.4. The molecule has 1 aliphatic rings. The van der Waals surface area contributed by atoms with Crippen molar-refractivity contribution in [3.8, 4) is 0 Å². The summed E-state index contributed by atoms with van der Waals surface area (Å²) in [5.74, 6) is -0.318. The summed E-state index contributed by atoms with van der Waals surface area (Å²) in [4.78, 5) is 20.7. The van der Waals surface area contributed by atoms with Gasteiger partial charge in [-0.05, 0) is 48.7 Å². The number of hydrogen-bond acceptors (Lipinski definition) is 4. The van der Waals surface area contributed by atoms with E-state index in [0.29, 0.717) is 18.1 Å². The monoisotopic (exact) mass is 329 g/mol. The van der Waals surface area contributed by atoms with Crippen LogP contribution < -0.4 is 5.32 Å². The van der Waals surface area contributed by atoms with Crippen LogP contribution in [0.2, 0.25) is 0 Å². The number of aliphatic imine (C=N–C) groups is 1. The molecule has 1 fully saturated rings. The maximum absolute atomic E-state index is 12.9. The van der Waals surface area contributed by atoms with E-state index in [2.05, 4.69) is 15.3 Å². The van der Waals surface area contributed by atoms with Gasteiger partial charge in [-0.15, -0.1) is 0 Å². The number of benzene rings is 1. The Kier molecular flexibility index (Phi) is 4.43. The summed E-state index contributed by atoms with van der Waals surface area (Å²) < 4.78 is 12.2. The molecule has 0 radical (unpaired) electrons. The zero-order valence-electron chi connectivity index (χ0n) is 12.6. The molecule has 2 aromatic rings. The minimum atomic E-state index is -0.683. The molecule has 0 unspecified atom stereocenters. The molecule has 0 aliphatic carbocycles. The first kappa shape index (κ1) is 15.7. The lowest BCUT2D eigenvalue weighted by molar-refractivity contribution is -0.121. The fourth-order valence-electron chi connectivity index (χ4n) is 2.35. The average molecular weight is 329 g/mol. The maximum Gasteiger partial charge on any atom is 0.246 e. The molecule has 3 rings (SSSR count). The first-order chi connectivity index (χ1) is 11.1. The molecule has 1 amide bonds. The van der Waals surface area contributed by atoms with Crippen molar-refractivity contribution < 1.29 is 9.18 Å². The number of halogens is 1. The highest BCUT2D eigenvalue weighted by Gasteiger charge is 2.43. The standard InChI is InChI=1S/C17H16FN3OS/c1-17(13-7-9-19-10-8-13)15(22)21-16(23-17)20-11-6-12-2-4-14(18)5-3-12/h2-5,7-10H,6,11H2,1H3,(H,20,21,22)/t17-/m0/s1. The van der Waals surface area contributed by atoms with Crippen molar-refractivity contribution in [3.63, 3.8) is 0 Å². The van der Waals surface area contributed by atoms with Gasteiger partial charge >= 0.3 is 0 Å². The van der Waals surface area contributed by atoms with Crippen molar-refractivity contribution in [2.24, 2.45) is 4.99 Å². The quantitative estimate of drug-likeness (QED) is 0.938. The molecule has 0 bridgehead atoms. The van der Waals surface area contributed by atoms with Crippen LogP contribution in [0, 0.1) is 5.82 Å². The van der Waals surface area contributed by atoms with Crippen LogP contribution in [-0.2, 0) is 16.0 Å². The fourth-order valence-corrected chi connectivity index (χ4v) is 3.43. The van der Waals surface area contributed by atoms with Gasteiger partial charge in [0.05, 0.1) is 0 Å². The molecule has 0 saturated carbocycles. The highest BCUT2D eigenvalue weighted by Crippen LogP contribution is 2.40. The van der Waals surface area contributed by atoms with Crippen molar-refractivity contribution >= 4 is 22.8 Å². The number of hydrogen-bond donors (Lipinski definition) is 1. The topological polar surface area (TPSA) is 54.4 Å². The Labute approximate surface area is 138 Å². The molecule has 1 aromatic carbocycles. The largest absolute Gasteiger partial charge is 0.304 e. The van der Waals surface area contributed by atoms with Gasteiger partial charge < -0.3 is 5.32 Å². The summed E-state index contributed by atoms with van der Waals surface area (Å²) >= 11 is 1.41. The minimum Gasteiger partial charge on any atom is -0.304 e. The predicted octanol–water partition coefficient (Wildman–Crippen LogP) is 2.90. The van der Waals surface area contributed by atoms with Crippen LogP contribution in [0.5, 0.6) is 0 Å². The number of rotatable bonds is 4. The minimum absolute atomic E-state index is 0.0748. The van der Waals surface area contributed by atoms with E-state index in [1.165, 1.54) is 23.9 Å². The molecule has 2 heterocycles. The van der Waals surface area contributed by atoms with Gasteiger partial charge in [0.15, 0.2) is 5.17 Å². The second-order valence-corrected chi connectivity index (χ2v) is 6.80. The van der Waals surface area contributed by atoms with Gasteiger partial charge in [-0.1, -0.05) is 23.9 Å². The highest BCUT2D eigenvalue weighted by molar-refractivity contribution is 8.15. The number of nitrogens with zero attached hydrogens (tertiary/aromatic N) is 2. The van der Waals surface area contributed by atoms with Crippen molar-refractivity contribution in [1.29, 1.82) is 0 Å². The highest BCUT2D eigenvalue weighted by atomic mass is 32.2. The lowest BCUT2D eigenvalue weighted by atomic mass is 10.0. The van der Waals surface area contributed by atoms with Gasteiger partial charge in [-0.2, -0.15) is 0 Å². The second-order valence-electron chi connectivity index (χ2n) is 5.39. The lowest BCUT2D eigenvalue weighted by Gasteiger charge is -2.18. The molecular weight excluding hydrogens is 313 g/mol. The van der Waals surface area contributed by atoms with E-state index in [1.54, 1.807) is 24.5 Å². The number of thioether (sulfide) groups is 1. The Balaban J connectivity index is 1.66. The van der Waals surface area contributed by atoms with Crippen molar-refractivity contribution in [1.82, 2.24) is 10.3 Å². The molecule has 0 spiro atoms. The van der Waals surface area contributed by atoms with Gasteiger partial charge in [0.1, 0.15) is 10.6 Å². The SMILES string of the molecule is C[C@@]1(c2ccncc2)SC(=NCCc2ccc(F)cc2)NC1=O. The van der Waals surface area contributed by atoms with Crippen LogP contribution >= 0.6 is 11.8 Å². The van der Waals surface area contributed by atoms with E-state index in [4.69, 9.17) is 0 Å². The van der Waals surface area contributed by atoms with Gasteiger partial charge in [0, 0.05) is 18.9 Å². The van der Waals surface area contributed by atoms with Crippen LogP contribution in [0.4, 0.5) is 4.39 Å². The summed E-state index contributed by atoms with van der Waals surface area (Å²) in [5.41, 5.74) is 1.92. The number of pyridine rings is 1. The number of carbonyl (C=O) groups excluding carboxylic acids is 1. The van der Waals surface area contributed by atoms with Gasteiger partial charge in [-0.3, -0.25) is 14.8 Å². The number of amidine groups is 1. The molecule has 23 heavy (non-hydrogen) atoms. The Morgan fingerprint density at radius 3 is 2.61 bits per heavy atom. The number of nitrogens with one attached hydrogen (secondary N) is 1. The van der Waals surface area contributed by atoms with Gasteiger partial charge in [-0.25, -0.2) is 4.39 Å². The summed E-state index contributed by atoms with van der Waals surface area (Å²) in [5, 5.41) is 3.45. The molecule has 1 atom stereocenters. The molecule has 6 heteroatoms. The van der Waals surface area contributed by atoms with Crippen LogP contribution in [0.25, 0.3) is 0 Å². The van der Waals surface area contributed by atoms with Crippen molar-refractivity contribution in [2.75, 3.05) is 6.54 Å². The van der Waals surface area contributed by atoms with Crippen molar-refractivity contribution in [2.45, 2.75) is 18.1 Å². The zero-order chi connectivity index (χ0) is 16.3. The summed E-state index contributed by atoms with van der Waals surface area (Å²) in [7, 11) is 0. The molecule has 1 aliphatic heterocycles. The maximum atomic E-state index is 12.9. The Morgan fingerprint density at radius 2 is 1.91 bits per heavy atom. The molecule has 1 N–H and O–H groups in total. The van der Waals surface area contributed by atoms with E-state index in [0.717, 1.165) is 11.1 Å². The summed E-state index contributed by atoms with van der Waals surface area (Å²) in [6.07, 6.45) is 4.06. The summed E-state index contributed by atoms with van der Waals surface area (Å²) in [6, 6.07) is 10.1. The third-order valence-corrected chi connectivity index (χ3v) is 5.01. The first-order valence-corrected chi connectivity index (χ1v) is 8.09. The van der Waals surface area contributed by atoms with E-state index in [1.807, 2.05) is 19.1 Å². The molecule has 118 valence electrons. The van der Waals surface area contributed by atoms with E-state index >= 15 is 0 Å². The normalized spacial score (nSPS) is 22.3. The average Bonchev–Trinajstić information content (AvgIpc) is 2.86. The second kappa shape index (κ2) is 6.50. The van der Waals surface area contributed by atoms with E-state index in [-0.39, 0.29) is 11.7 Å². The van der Waals surface area contributed by atoms with E-state index < -0.39 is 4.75 Å². The van der Waals surface area contributed by atoms with Crippen LogP contribution in [-0.4, -0.2) is 22.6 Å². The fraction of sp³-hybridized carbons (Fsp3) is 0.235. The lowest BCUT2D eigenvalue weighted by Crippen LogP contribution is -2.31. The summed E-state index contributed by atoms with van der Waals surface area (Å²) in [6.45, 7) is 2.42. The smallest absolute Gasteiger partial charge is 0.246 e. The molecular formula is C17H16FN3OS. The first-order valence-electron chi connectivity index (χ1n) is 7.28. The van der Waals surface area contributed by atoms with Crippen LogP contribution in [0.15, 0.2) is 53.8 Å². The number of aromatic nitrogens is 1. The molecule has 1 saturated heterocycles. The van der Waals surface area contributed by atoms with Crippen molar-refractivity contribution in [3.05, 3.63) is 65.7 Å². The Bertz CT molecular complexity index is 733. The van der Waals surface area contributed by atoms with E-state index in [9.17, 15) is 9.18 Å².